The number of carbonyl (C=O) groups excluding carboxylic acids is 1. The van der Waals surface area contributed by atoms with Gasteiger partial charge in [0.2, 0.25) is 5.91 Å². The fourth-order valence-electron chi connectivity index (χ4n) is 3.15. The summed E-state index contributed by atoms with van der Waals surface area (Å²) < 4.78 is 11.9. The summed E-state index contributed by atoms with van der Waals surface area (Å²) in [6.07, 6.45) is 5.05. The van der Waals surface area contributed by atoms with E-state index in [4.69, 9.17) is 8.83 Å². The van der Waals surface area contributed by atoms with E-state index in [9.17, 15) is 9.59 Å². The van der Waals surface area contributed by atoms with E-state index in [2.05, 4.69) is 5.10 Å². The van der Waals surface area contributed by atoms with E-state index in [1.165, 1.54) is 4.68 Å². The van der Waals surface area contributed by atoms with E-state index < -0.39 is 5.76 Å². The topological polar surface area (TPSA) is 81.5 Å². The normalized spacial score (nSPS) is 19.3. The molecule has 0 unspecified atom stereocenters. The molecule has 0 bridgehead atoms. The first kappa shape index (κ1) is 14.3. The molecular formula is C16H19N3O4. The van der Waals surface area contributed by atoms with Crippen molar-refractivity contribution in [3.8, 4) is 11.5 Å². The Kier molecular flexibility index (Phi) is 3.36. The fourth-order valence-corrected chi connectivity index (χ4v) is 3.15. The summed E-state index contributed by atoms with van der Waals surface area (Å²) in [5.74, 6) is 1.02. The minimum atomic E-state index is -0.451. The zero-order valence-corrected chi connectivity index (χ0v) is 13.0. The molecule has 1 saturated carbocycles. The number of rotatable bonds is 3. The van der Waals surface area contributed by atoms with Crippen LogP contribution in [0.25, 0.3) is 11.5 Å². The van der Waals surface area contributed by atoms with Crippen LogP contribution in [-0.4, -0.2) is 33.7 Å². The van der Waals surface area contributed by atoms with Crippen LogP contribution in [0.2, 0.25) is 0 Å². The second-order valence-electron chi connectivity index (χ2n) is 6.34. The predicted octanol–water partition coefficient (Wildman–Crippen LogP) is 1.98. The molecule has 122 valence electrons. The number of likely N-dealkylation sites (tertiary alicyclic amines) is 1. The lowest BCUT2D eigenvalue weighted by Gasteiger charge is -2.31. The van der Waals surface area contributed by atoms with Crippen LogP contribution in [0, 0.1) is 12.8 Å². The molecule has 0 aromatic carbocycles. The first-order chi connectivity index (χ1) is 11.1. The van der Waals surface area contributed by atoms with E-state index in [1.807, 2.05) is 4.90 Å². The van der Waals surface area contributed by atoms with Crippen LogP contribution in [0.3, 0.4) is 0 Å². The van der Waals surface area contributed by atoms with Gasteiger partial charge in [-0.05, 0) is 38.7 Å². The summed E-state index contributed by atoms with van der Waals surface area (Å²) in [7, 11) is 0. The third kappa shape index (κ3) is 2.60. The summed E-state index contributed by atoms with van der Waals surface area (Å²) >= 11 is 0. The van der Waals surface area contributed by atoms with Gasteiger partial charge in [-0.1, -0.05) is 0 Å². The Morgan fingerprint density at radius 1 is 1.26 bits per heavy atom. The highest BCUT2D eigenvalue weighted by molar-refractivity contribution is 5.81. The van der Waals surface area contributed by atoms with Gasteiger partial charge in [0.05, 0.1) is 17.9 Å². The molecule has 23 heavy (non-hydrogen) atoms. The van der Waals surface area contributed by atoms with Gasteiger partial charge in [0.15, 0.2) is 0 Å². The van der Waals surface area contributed by atoms with Crippen LogP contribution < -0.4 is 5.76 Å². The van der Waals surface area contributed by atoms with Crippen LogP contribution in [0.15, 0.2) is 26.0 Å². The summed E-state index contributed by atoms with van der Waals surface area (Å²) in [6.45, 7) is 3.16. The third-order valence-electron chi connectivity index (χ3n) is 4.71. The molecule has 2 aromatic rings. The lowest BCUT2D eigenvalue weighted by Crippen LogP contribution is -2.41. The van der Waals surface area contributed by atoms with E-state index in [0.717, 1.165) is 25.7 Å². The van der Waals surface area contributed by atoms with Gasteiger partial charge >= 0.3 is 5.76 Å². The Morgan fingerprint density at radius 2 is 2.00 bits per heavy atom. The van der Waals surface area contributed by atoms with Gasteiger partial charge in [-0.3, -0.25) is 4.79 Å². The number of furan rings is 1. The second kappa shape index (κ2) is 5.40. The van der Waals surface area contributed by atoms with Crippen LogP contribution in [0.1, 0.15) is 37.5 Å². The van der Waals surface area contributed by atoms with Crippen molar-refractivity contribution in [1.29, 1.82) is 0 Å². The molecule has 1 saturated heterocycles. The molecule has 2 fully saturated rings. The van der Waals surface area contributed by atoms with E-state index >= 15 is 0 Å². The van der Waals surface area contributed by atoms with Gasteiger partial charge < -0.3 is 13.7 Å². The molecule has 0 radical (unpaired) electrons. The highest BCUT2D eigenvalue weighted by atomic mass is 16.4. The molecule has 2 aliphatic rings. The van der Waals surface area contributed by atoms with Crippen LogP contribution >= 0.6 is 0 Å². The number of carbonyl (C=O) groups is 1. The highest BCUT2D eigenvalue weighted by Gasteiger charge is 2.35. The number of aryl methyl sites for hydroxylation is 1. The van der Waals surface area contributed by atoms with E-state index in [0.29, 0.717) is 24.4 Å². The average molecular weight is 317 g/mol. The Balaban J connectivity index is 1.49. The summed E-state index contributed by atoms with van der Waals surface area (Å²) in [5, 5.41) is 4.33. The Morgan fingerprint density at radius 3 is 2.61 bits per heavy atom. The second-order valence-corrected chi connectivity index (χ2v) is 6.34. The standard InChI is InChI=1S/C16H19N3O4/c1-10-13(6-9-22-10)14-17-19(16(21)23-14)12-4-7-18(8-5-12)15(20)11-2-3-11/h6,9,11-12H,2-5,7-8H2,1H3. The quantitative estimate of drug-likeness (QED) is 0.864. The smallest absolute Gasteiger partial charge is 0.437 e. The van der Waals surface area contributed by atoms with Crippen LogP contribution in [0.4, 0.5) is 0 Å². The summed E-state index contributed by atoms with van der Waals surface area (Å²) in [4.78, 5) is 26.1. The molecule has 7 nitrogen and oxygen atoms in total. The Hall–Kier alpha value is -2.31. The molecule has 1 amide bonds. The van der Waals surface area contributed by atoms with Gasteiger partial charge in [-0.15, -0.1) is 5.10 Å². The van der Waals surface area contributed by atoms with E-state index in [1.54, 1.807) is 19.3 Å². The minimum absolute atomic E-state index is 0.0181. The molecule has 0 atom stereocenters. The molecule has 0 N–H and O–H groups in total. The molecular weight excluding hydrogens is 298 g/mol. The maximum atomic E-state index is 12.1. The molecule has 3 heterocycles. The maximum Gasteiger partial charge on any atom is 0.437 e. The van der Waals surface area contributed by atoms with Crippen molar-refractivity contribution in [2.24, 2.45) is 5.92 Å². The molecule has 4 rings (SSSR count). The zero-order chi connectivity index (χ0) is 16.0. The van der Waals surface area contributed by atoms with Crippen molar-refractivity contribution in [1.82, 2.24) is 14.7 Å². The van der Waals surface area contributed by atoms with Gasteiger partial charge in [0, 0.05) is 19.0 Å². The minimum Gasteiger partial charge on any atom is -0.469 e. The van der Waals surface area contributed by atoms with Crippen molar-refractivity contribution in [2.75, 3.05) is 13.1 Å². The summed E-state index contributed by atoms with van der Waals surface area (Å²) in [5.41, 5.74) is 0.696. The molecule has 1 aliphatic carbocycles. The number of piperidine rings is 1. The van der Waals surface area contributed by atoms with Gasteiger partial charge in [-0.25, -0.2) is 4.79 Å². The number of hydrogen-bond acceptors (Lipinski definition) is 5. The molecule has 1 aliphatic heterocycles. The van der Waals surface area contributed by atoms with Crippen LogP contribution in [-0.2, 0) is 4.79 Å². The lowest BCUT2D eigenvalue weighted by atomic mass is 10.0. The fraction of sp³-hybridized carbons (Fsp3) is 0.562. The van der Waals surface area contributed by atoms with Crippen molar-refractivity contribution < 1.29 is 13.6 Å². The number of amides is 1. The average Bonchev–Trinajstić information content (AvgIpc) is 3.22. The first-order valence-electron chi connectivity index (χ1n) is 8.06. The van der Waals surface area contributed by atoms with E-state index in [-0.39, 0.29) is 23.8 Å². The molecule has 7 heteroatoms. The van der Waals surface area contributed by atoms with Gasteiger partial charge in [-0.2, -0.15) is 4.68 Å². The van der Waals surface area contributed by atoms with Crippen molar-refractivity contribution >= 4 is 5.91 Å². The first-order valence-corrected chi connectivity index (χ1v) is 8.06. The largest absolute Gasteiger partial charge is 0.469 e. The molecule has 0 spiro atoms. The maximum absolute atomic E-state index is 12.1. The number of aromatic nitrogens is 2. The van der Waals surface area contributed by atoms with Crippen molar-refractivity contribution in [2.45, 2.75) is 38.6 Å². The SMILES string of the molecule is Cc1occc1-c1nn(C2CCN(C(=O)C3CC3)CC2)c(=O)o1. The van der Waals surface area contributed by atoms with Crippen molar-refractivity contribution in [3.63, 3.8) is 0 Å². The lowest BCUT2D eigenvalue weighted by molar-refractivity contribution is -0.133. The summed E-state index contributed by atoms with van der Waals surface area (Å²) in [6, 6.07) is 1.72. The molecule has 2 aromatic heterocycles. The van der Waals surface area contributed by atoms with Crippen molar-refractivity contribution in [3.05, 3.63) is 28.6 Å². The predicted molar refractivity (Wildman–Crippen MR) is 80.8 cm³/mol. The Labute approximate surface area is 132 Å². The number of hydrogen-bond donors (Lipinski definition) is 0. The zero-order valence-electron chi connectivity index (χ0n) is 13.0. The monoisotopic (exact) mass is 317 g/mol. The third-order valence-corrected chi connectivity index (χ3v) is 4.71. The number of nitrogens with zero attached hydrogens (tertiary/aromatic N) is 3. The van der Waals surface area contributed by atoms with Gasteiger partial charge in [0.1, 0.15) is 5.76 Å². The van der Waals surface area contributed by atoms with Gasteiger partial charge in [0.25, 0.3) is 5.89 Å². The Bertz CT molecular complexity index is 775. The van der Waals surface area contributed by atoms with Crippen LogP contribution in [0.5, 0.6) is 0 Å². The highest BCUT2D eigenvalue weighted by Crippen LogP contribution is 2.33.